The number of hydrogen-bond acceptors (Lipinski definition) is 2. The van der Waals surface area contributed by atoms with Crippen LogP contribution in [0.3, 0.4) is 0 Å². The van der Waals surface area contributed by atoms with Gasteiger partial charge in [0.1, 0.15) is 0 Å². The second kappa shape index (κ2) is 5.56. The summed E-state index contributed by atoms with van der Waals surface area (Å²) in [6, 6.07) is 11.0. The molecule has 0 saturated carbocycles. The molecule has 1 nitrogen and oxygen atoms in total. The molecule has 3 heteroatoms. The number of thiophene rings is 1. The van der Waals surface area contributed by atoms with Crippen LogP contribution in [0.4, 0.5) is 5.69 Å². The van der Waals surface area contributed by atoms with Crippen LogP contribution in [0.2, 0.25) is 4.34 Å². The Balaban J connectivity index is 1.83. The van der Waals surface area contributed by atoms with Crippen molar-refractivity contribution in [2.75, 3.05) is 5.32 Å². The number of hydrogen-bond donors (Lipinski definition) is 1. The molecule has 0 saturated heterocycles. The molecule has 1 aromatic heterocycles. The third-order valence-corrected chi connectivity index (χ3v) is 5.20. The Morgan fingerprint density at radius 3 is 2.79 bits per heavy atom. The first kappa shape index (κ1) is 13.0. The zero-order chi connectivity index (χ0) is 13.2. The van der Waals surface area contributed by atoms with Crippen LogP contribution in [-0.2, 0) is 12.8 Å². The van der Waals surface area contributed by atoms with E-state index in [1.54, 1.807) is 11.3 Å². The van der Waals surface area contributed by atoms with Crippen molar-refractivity contribution < 1.29 is 0 Å². The van der Waals surface area contributed by atoms with Gasteiger partial charge in [-0.05, 0) is 61.9 Å². The summed E-state index contributed by atoms with van der Waals surface area (Å²) in [7, 11) is 0. The molecular formula is C16H18ClNS. The van der Waals surface area contributed by atoms with Crippen molar-refractivity contribution in [3.8, 4) is 0 Å². The zero-order valence-corrected chi connectivity index (χ0v) is 12.7. The highest BCUT2D eigenvalue weighted by Gasteiger charge is 2.15. The van der Waals surface area contributed by atoms with Crippen molar-refractivity contribution in [3.63, 3.8) is 0 Å². The number of halogens is 1. The second-order valence-corrected chi connectivity index (χ2v) is 6.90. The zero-order valence-electron chi connectivity index (χ0n) is 11.1. The molecule has 0 bridgehead atoms. The van der Waals surface area contributed by atoms with Crippen LogP contribution < -0.4 is 5.32 Å². The predicted octanol–water partition coefficient (Wildman–Crippen LogP) is 5.45. The summed E-state index contributed by atoms with van der Waals surface area (Å²) < 4.78 is 0.860. The Hall–Kier alpha value is -0.990. The lowest BCUT2D eigenvalue weighted by molar-refractivity contribution is 0.685. The molecule has 0 aliphatic heterocycles. The minimum atomic E-state index is 0.311. The number of fused-ring (bicyclic) bond motifs is 1. The number of rotatable bonds is 3. The highest BCUT2D eigenvalue weighted by atomic mass is 35.5. The summed E-state index contributed by atoms with van der Waals surface area (Å²) in [5.41, 5.74) is 4.34. The maximum atomic E-state index is 6.01. The van der Waals surface area contributed by atoms with Gasteiger partial charge in [-0.15, -0.1) is 11.3 Å². The van der Waals surface area contributed by atoms with Gasteiger partial charge >= 0.3 is 0 Å². The van der Waals surface area contributed by atoms with Crippen molar-refractivity contribution >= 4 is 28.6 Å². The molecule has 2 aromatic rings. The topological polar surface area (TPSA) is 12.0 Å². The van der Waals surface area contributed by atoms with Gasteiger partial charge in [0, 0.05) is 10.6 Å². The van der Waals surface area contributed by atoms with E-state index in [1.807, 2.05) is 6.07 Å². The third-order valence-electron chi connectivity index (χ3n) is 3.79. The van der Waals surface area contributed by atoms with Crippen LogP contribution in [0.25, 0.3) is 0 Å². The SMILES string of the molecule is CC(Nc1cccc2c1CCCC2)c1ccc(Cl)s1. The van der Waals surface area contributed by atoms with Crippen LogP contribution in [0.5, 0.6) is 0 Å². The normalized spacial score (nSPS) is 15.9. The molecular weight excluding hydrogens is 274 g/mol. The van der Waals surface area contributed by atoms with E-state index in [0.29, 0.717) is 6.04 Å². The Labute approximate surface area is 123 Å². The fraction of sp³-hybridized carbons (Fsp3) is 0.375. The molecule has 1 aliphatic carbocycles. The van der Waals surface area contributed by atoms with Gasteiger partial charge in [0.2, 0.25) is 0 Å². The molecule has 1 unspecified atom stereocenters. The largest absolute Gasteiger partial charge is 0.377 e. The smallest absolute Gasteiger partial charge is 0.0932 e. The molecule has 1 N–H and O–H groups in total. The fourth-order valence-corrected chi connectivity index (χ4v) is 3.85. The Morgan fingerprint density at radius 1 is 1.16 bits per heavy atom. The van der Waals surface area contributed by atoms with Crippen molar-refractivity contribution in [1.82, 2.24) is 0 Å². The molecule has 3 rings (SSSR count). The summed E-state index contributed by atoms with van der Waals surface area (Å²) >= 11 is 7.67. The van der Waals surface area contributed by atoms with Gasteiger partial charge in [0.15, 0.2) is 0 Å². The standard InChI is InChI=1S/C16H18ClNS/c1-11(15-9-10-16(17)19-15)18-14-8-4-6-12-5-2-3-7-13(12)14/h4,6,8-11,18H,2-3,5,7H2,1H3. The monoisotopic (exact) mass is 291 g/mol. The first-order valence-electron chi connectivity index (χ1n) is 6.86. The van der Waals surface area contributed by atoms with Crippen molar-refractivity contribution in [2.45, 2.75) is 38.6 Å². The minimum absolute atomic E-state index is 0.311. The van der Waals surface area contributed by atoms with E-state index in [9.17, 15) is 0 Å². The predicted molar refractivity (Wildman–Crippen MR) is 84.5 cm³/mol. The van der Waals surface area contributed by atoms with Gasteiger partial charge in [-0.25, -0.2) is 0 Å². The van der Waals surface area contributed by atoms with Crippen LogP contribution >= 0.6 is 22.9 Å². The number of anilines is 1. The van der Waals surface area contributed by atoms with Gasteiger partial charge in [0.25, 0.3) is 0 Å². The molecule has 1 aromatic carbocycles. The van der Waals surface area contributed by atoms with E-state index in [-0.39, 0.29) is 0 Å². The lowest BCUT2D eigenvalue weighted by Crippen LogP contribution is -2.11. The van der Waals surface area contributed by atoms with E-state index in [1.165, 1.54) is 47.4 Å². The minimum Gasteiger partial charge on any atom is -0.377 e. The molecule has 1 aliphatic rings. The third kappa shape index (κ3) is 2.80. The molecule has 0 spiro atoms. The molecule has 1 atom stereocenters. The lowest BCUT2D eigenvalue weighted by Gasteiger charge is -2.22. The summed E-state index contributed by atoms with van der Waals surface area (Å²) in [5.74, 6) is 0. The van der Waals surface area contributed by atoms with Crippen LogP contribution in [-0.4, -0.2) is 0 Å². The van der Waals surface area contributed by atoms with Gasteiger partial charge in [-0.2, -0.15) is 0 Å². The van der Waals surface area contributed by atoms with Crippen molar-refractivity contribution in [2.24, 2.45) is 0 Å². The summed E-state index contributed by atoms with van der Waals surface area (Å²) in [6.07, 6.45) is 5.07. The molecule has 19 heavy (non-hydrogen) atoms. The quantitative estimate of drug-likeness (QED) is 0.792. The number of nitrogens with one attached hydrogen (secondary N) is 1. The van der Waals surface area contributed by atoms with E-state index >= 15 is 0 Å². The first-order valence-corrected chi connectivity index (χ1v) is 8.06. The Kier molecular flexibility index (Phi) is 3.81. The van der Waals surface area contributed by atoms with E-state index in [0.717, 1.165) is 4.34 Å². The lowest BCUT2D eigenvalue weighted by atomic mass is 9.90. The molecule has 0 radical (unpaired) electrons. The van der Waals surface area contributed by atoms with Crippen LogP contribution in [0, 0.1) is 0 Å². The summed E-state index contributed by atoms with van der Waals surface area (Å²) in [4.78, 5) is 1.29. The van der Waals surface area contributed by atoms with E-state index in [2.05, 4.69) is 36.5 Å². The average Bonchev–Trinajstić information content (AvgIpc) is 2.86. The van der Waals surface area contributed by atoms with Crippen molar-refractivity contribution in [1.29, 1.82) is 0 Å². The van der Waals surface area contributed by atoms with E-state index < -0.39 is 0 Å². The summed E-state index contributed by atoms with van der Waals surface area (Å²) in [5, 5.41) is 3.65. The van der Waals surface area contributed by atoms with Gasteiger partial charge in [0.05, 0.1) is 10.4 Å². The molecule has 100 valence electrons. The molecule has 1 heterocycles. The first-order chi connectivity index (χ1) is 9.24. The Morgan fingerprint density at radius 2 is 2.00 bits per heavy atom. The van der Waals surface area contributed by atoms with Gasteiger partial charge in [-0.1, -0.05) is 23.7 Å². The molecule has 0 amide bonds. The number of aryl methyl sites for hydroxylation is 1. The highest BCUT2D eigenvalue weighted by molar-refractivity contribution is 7.16. The van der Waals surface area contributed by atoms with Crippen LogP contribution in [0.1, 0.15) is 41.8 Å². The van der Waals surface area contributed by atoms with Gasteiger partial charge in [-0.3, -0.25) is 0 Å². The second-order valence-electron chi connectivity index (χ2n) is 5.16. The van der Waals surface area contributed by atoms with Crippen molar-refractivity contribution in [3.05, 3.63) is 50.7 Å². The fourth-order valence-electron chi connectivity index (χ4n) is 2.78. The highest BCUT2D eigenvalue weighted by Crippen LogP contribution is 2.33. The van der Waals surface area contributed by atoms with Crippen LogP contribution in [0.15, 0.2) is 30.3 Å². The maximum absolute atomic E-state index is 6.01. The average molecular weight is 292 g/mol. The number of benzene rings is 1. The summed E-state index contributed by atoms with van der Waals surface area (Å²) in [6.45, 7) is 2.20. The maximum Gasteiger partial charge on any atom is 0.0932 e. The van der Waals surface area contributed by atoms with Gasteiger partial charge < -0.3 is 5.32 Å². The Bertz CT molecular complexity index is 576. The van der Waals surface area contributed by atoms with E-state index in [4.69, 9.17) is 11.6 Å². The molecule has 0 fully saturated rings.